The molecule has 4 heteroatoms. The number of hydrogen-bond acceptors (Lipinski definition) is 2. The molecule has 0 aliphatic rings. The monoisotopic (exact) mass is 244 g/mol. The van der Waals surface area contributed by atoms with Crippen LogP contribution >= 0.6 is 0 Å². The Hall–Kier alpha value is -2.10. The second-order valence-corrected chi connectivity index (χ2v) is 4.41. The lowest BCUT2D eigenvalue weighted by molar-refractivity contribution is -0.136. The molecule has 2 aromatic rings. The summed E-state index contributed by atoms with van der Waals surface area (Å²) in [6.45, 7) is 5.93. The van der Waals surface area contributed by atoms with Crippen molar-refractivity contribution in [1.82, 2.24) is 9.55 Å². The summed E-state index contributed by atoms with van der Waals surface area (Å²) in [7, 11) is 0. The minimum Gasteiger partial charge on any atom is -0.481 e. The molecule has 0 amide bonds. The Morgan fingerprint density at radius 2 is 2.06 bits per heavy atom. The van der Waals surface area contributed by atoms with E-state index in [0.29, 0.717) is 0 Å². The average Bonchev–Trinajstić information content (AvgIpc) is 2.52. The third-order valence-corrected chi connectivity index (χ3v) is 3.04. The number of aliphatic carboxylic acids is 1. The average molecular weight is 244 g/mol. The van der Waals surface area contributed by atoms with Gasteiger partial charge in [-0.05, 0) is 38.5 Å². The van der Waals surface area contributed by atoms with Gasteiger partial charge in [-0.2, -0.15) is 0 Å². The lowest BCUT2D eigenvalue weighted by Gasteiger charge is -2.09. The summed E-state index contributed by atoms with van der Waals surface area (Å²) in [6.07, 6.45) is 0.0413. The smallest absolute Gasteiger partial charge is 0.307 e. The van der Waals surface area contributed by atoms with Gasteiger partial charge in [-0.1, -0.05) is 12.1 Å². The van der Waals surface area contributed by atoms with E-state index >= 15 is 0 Å². The summed E-state index contributed by atoms with van der Waals surface area (Å²) < 4.78 is 2.04. The number of aromatic nitrogens is 2. The Kier molecular flexibility index (Phi) is 3.19. The number of carboxylic acids is 1. The molecule has 0 spiro atoms. The molecular weight excluding hydrogens is 228 g/mol. The van der Waals surface area contributed by atoms with E-state index < -0.39 is 5.97 Å². The maximum Gasteiger partial charge on any atom is 0.307 e. The minimum atomic E-state index is -0.817. The van der Waals surface area contributed by atoms with Gasteiger partial charge in [-0.3, -0.25) is 4.79 Å². The van der Waals surface area contributed by atoms with Gasteiger partial charge >= 0.3 is 5.97 Å². The van der Waals surface area contributed by atoms with Crippen LogP contribution in [0.5, 0.6) is 0 Å². The van der Waals surface area contributed by atoms with Gasteiger partial charge in [0.05, 0.1) is 12.1 Å². The second kappa shape index (κ2) is 4.64. The molecule has 1 aromatic heterocycles. The van der Waals surface area contributed by atoms with E-state index in [1.807, 2.05) is 49.6 Å². The van der Waals surface area contributed by atoms with E-state index in [0.717, 1.165) is 28.5 Å². The van der Waals surface area contributed by atoms with Gasteiger partial charge in [0.1, 0.15) is 5.82 Å². The molecule has 1 heterocycles. The number of carboxylic acid groups (broad SMARTS) is 1. The van der Waals surface area contributed by atoms with Gasteiger partial charge in [0.2, 0.25) is 0 Å². The highest BCUT2D eigenvalue weighted by molar-refractivity contribution is 5.70. The molecule has 2 rings (SSSR count). The van der Waals surface area contributed by atoms with Gasteiger partial charge in [-0.15, -0.1) is 0 Å². The van der Waals surface area contributed by atoms with Crippen molar-refractivity contribution in [2.75, 3.05) is 0 Å². The Labute approximate surface area is 106 Å². The maximum absolute atomic E-state index is 10.7. The summed E-state index contributed by atoms with van der Waals surface area (Å²) in [5, 5.41) is 8.82. The van der Waals surface area contributed by atoms with Crippen molar-refractivity contribution in [2.45, 2.75) is 27.2 Å². The largest absolute Gasteiger partial charge is 0.481 e. The van der Waals surface area contributed by atoms with Crippen LogP contribution in [0.4, 0.5) is 0 Å². The van der Waals surface area contributed by atoms with E-state index in [1.54, 1.807) is 0 Å². The maximum atomic E-state index is 10.7. The molecule has 0 atom stereocenters. The molecular formula is C14H16N2O2. The first-order valence-electron chi connectivity index (χ1n) is 5.82. The first-order chi connectivity index (χ1) is 8.49. The van der Waals surface area contributed by atoms with E-state index in [9.17, 15) is 4.79 Å². The van der Waals surface area contributed by atoms with Gasteiger partial charge in [0, 0.05) is 11.4 Å². The normalized spacial score (nSPS) is 10.6. The molecule has 0 aliphatic heterocycles. The van der Waals surface area contributed by atoms with E-state index in [-0.39, 0.29) is 6.42 Å². The third kappa shape index (κ3) is 2.27. The molecule has 0 aliphatic carbocycles. The zero-order valence-electron chi connectivity index (χ0n) is 10.8. The second-order valence-electron chi connectivity index (χ2n) is 4.41. The van der Waals surface area contributed by atoms with Crippen molar-refractivity contribution >= 4 is 5.97 Å². The predicted octanol–water partition coefficient (Wildman–Crippen LogP) is 2.42. The summed E-state index contributed by atoms with van der Waals surface area (Å²) in [5.74, 6) is 0.0971. The molecule has 0 fully saturated rings. The highest BCUT2D eigenvalue weighted by atomic mass is 16.4. The first-order valence-corrected chi connectivity index (χ1v) is 5.82. The van der Waals surface area contributed by atoms with Crippen molar-refractivity contribution in [2.24, 2.45) is 0 Å². The van der Waals surface area contributed by atoms with Crippen molar-refractivity contribution in [3.05, 3.63) is 47.0 Å². The lowest BCUT2D eigenvalue weighted by atomic mass is 10.1. The fourth-order valence-corrected chi connectivity index (χ4v) is 2.14. The summed E-state index contributed by atoms with van der Waals surface area (Å²) in [6, 6.07) is 7.57. The number of rotatable bonds is 3. The summed E-state index contributed by atoms with van der Waals surface area (Å²) >= 11 is 0. The van der Waals surface area contributed by atoms with E-state index in [2.05, 4.69) is 4.98 Å². The summed E-state index contributed by atoms with van der Waals surface area (Å²) in [5.41, 5.74) is 3.84. The number of benzene rings is 1. The van der Waals surface area contributed by atoms with Gasteiger partial charge < -0.3 is 9.67 Å². The van der Waals surface area contributed by atoms with Gasteiger partial charge in [0.15, 0.2) is 0 Å². The van der Waals surface area contributed by atoms with Crippen molar-refractivity contribution in [3.63, 3.8) is 0 Å². The van der Waals surface area contributed by atoms with Gasteiger partial charge in [0.25, 0.3) is 0 Å². The molecule has 0 radical (unpaired) electrons. The topological polar surface area (TPSA) is 55.1 Å². The zero-order valence-corrected chi connectivity index (χ0v) is 10.8. The van der Waals surface area contributed by atoms with Crippen molar-refractivity contribution < 1.29 is 9.90 Å². The van der Waals surface area contributed by atoms with Crippen LogP contribution in [0.1, 0.15) is 22.8 Å². The van der Waals surface area contributed by atoms with Gasteiger partial charge in [-0.25, -0.2) is 4.98 Å². The zero-order chi connectivity index (χ0) is 13.3. The molecule has 1 aromatic carbocycles. The molecule has 0 saturated heterocycles. The number of nitrogens with zero attached hydrogens (tertiary/aromatic N) is 2. The SMILES string of the molecule is Cc1nc(C)n(-c2cccc(CC(=O)O)c2)c1C. The summed E-state index contributed by atoms with van der Waals surface area (Å²) in [4.78, 5) is 15.2. The van der Waals surface area contributed by atoms with Crippen molar-refractivity contribution in [3.8, 4) is 5.69 Å². The van der Waals surface area contributed by atoms with Crippen LogP contribution in [0.2, 0.25) is 0 Å². The first kappa shape index (κ1) is 12.4. The quantitative estimate of drug-likeness (QED) is 0.902. The fraction of sp³-hybridized carbons (Fsp3) is 0.286. The Balaban J connectivity index is 2.47. The Morgan fingerprint density at radius 1 is 1.33 bits per heavy atom. The van der Waals surface area contributed by atoms with Crippen LogP contribution in [0.25, 0.3) is 5.69 Å². The predicted molar refractivity (Wildman–Crippen MR) is 69.1 cm³/mol. The third-order valence-electron chi connectivity index (χ3n) is 3.04. The number of aryl methyl sites for hydroxylation is 2. The Bertz CT molecular complexity index is 600. The molecule has 0 saturated carbocycles. The van der Waals surface area contributed by atoms with Crippen LogP contribution in [0.3, 0.4) is 0 Å². The van der Waals surface area contributed by atoms with Crippen LogP contribution < -0.4 is 0 Å². The van der Waals surface area contributed by atoms with Crippen LogP contribution in [-0.2, 0) is 11.2 Å². The Morgan fingerprint density at radius 3 is 2.61 bits per heavy atom. The highest BCUT2D eigenvalue weighted by Gasteiger charge is 2.10. The van der Waals surface area contributed by atoms with Crippen molar-refractivity contribution in [1.29, 1.82) is 0 Å². The molecule has 18 heavy (non-hydrogen) atoms. The van der Waals surface area contributed by atoms with Crippen LogP contribution in [-0.4, -0.2) is 20.6 Å². The molecule has 1 N–H and O–H groups in total. The van der Waals surface area contributed by atoms with Crippen LogP contribution in [0.15, 0.2) is 24.3 Å². The van der Waals surface area contributed by atoms with Crippen LogP contribution in [0, 0.1) is 20.8 Å². The van der Waals surface area contributed by atoms with E-state index in [1.165, 1.54) is 0 Å². The number of imidazole rings is 1. The minimum absolute atomic E-state index is 0.0413. The number of hydrogen-bond donors (Lipinski definition) is 1. The molecule has 4 nitrogen and oxygen atoms in total. The number of carbonyl (C=O) groups is 1. The van der Waals surface area contributed by atoms with E-state index in [4.69, 9.17) is 5.11 Å². The lowest BCUT2D eigenvalue weighted by Crippen LogP contribution is -2.03. The highest BCUT2D eigenvalue weighted by Crippen LogP contribution is 2.18. The molecule has 94 valence electrons. The molecule has 0 bridgehead atoms. The fourth-order valence-electron chi connectivity index (χ4n) is 2.14. The standard InChI is InChI=1S/C14H16N2O2/c1-9-10(2)16(11(3)15-9)13-6-4-5-12(7-13)8-14(17)18/h4-7H,8H2,1-3H3,(H,17,18). The molecule has 0 unspecified atom stereocenters.